The largest absolute Gasteiger partial charge is 0.384 e. The number of fused-ring (bicyclic) bond motifs is 1. The molecule has 3 rings (SSSR count). The minimum Gasteiger partial charge on any atom is -0.384 e. The molecule has 2 aromatic heterocycles. The number of amides is 1. The molecule has 0 aliphatic carbocycles. The zero-order chi connectivity index (χ0) is 18.0. The molecule has 0 bridgehead atoms. The van der Waals surface area contributed by atoms with Gasteiger partial charge in [0.15, 0.2) is 5.65 Å². The van der Waals surface area contributed by atoms with Crippen LogP contribution in [-0.2, 0) is 4.74 Å². The third-order valence-electron chi connectivity index (χ3n) is 5.04. The molecule has 1 amide bonds. The van der Waals surface area contributed by atoms with Gasteiger partial charge in [0.25, 0.3) is 5.91 Å². The Labute approximate surface area is 160 Å². The molecule has 0 aromatic carbocycles. The molecule has 2 aromatic rings. The Balaban J connectivity index is 0.00000243. The first-order valence-electron chi connectivity index (χ1n) is 8.77. The summed E-state index contributed by atoms with van der Waals surface area (Å²) in [5.74, 6) is -0.112. The van der Waals surface area contributed by atoms with Crippen LogP contribution in [0.3, 0.4) is 0 Å². The van der Waals surface area contributed by atoms with E-state index in [-0.39, 0.29) is 23.7 Å². The van der Waals surface area contributed by atoms with Gasteiger partial charge in [0.2, 0.25) is 0 Å². The highest BCUT2D eigenvalue weighted by Gasteiger charge is 2.33. The number of halogens is 1. The van der Waals surface area contributed by atoms with Crippen molar-refractivity contribution < 1.29 is 9.53 Å². The first-order chi connectivity index (χ1) is 12.0. The fourth-order valence-corrected chi connectivity index (χ4v) is 3.68. The number of carbonyl (C=O) groups excluding carboxylic acids is 1. The summed E-state index contributed by atoms with van der Waals surface area (Å²) in [7, 11) is 1.72. The van der Waals surface area contributed by atoms with Gasteiger partial charge in [-0.25, -0.2) is 9.50 Å². The zero-order valence-electron chi connectivity index (χ0n) is 15.9. The summed E-state index contributed by atoms with van der Waals surface area (Å²) in [6, 6.07) is 1.96. The molecular weight excluding hydrogens is 354 g/mol. The molecule has 1 aliphatic heterocycles. The fraction of sp³-hybridized carbons (Fsp3) is 0.611. The Morgan fingerprint density at radius 3 is 2.69 bits per heavy atom. The molecule has 1 aliphatic rings. The van der Waals surface area contributed by atoms with Crippen molar-refractivity contribution in [2.24, 2.45) is 5.41 Å². The molecule has 1 fully saturated rings. The molecule has 7 nitrogen and oxygen atoms in total. The summed E-state index contributed by atoms with van der Waals surface area (Å²) in [5, 5.41) is 11.0. The van der Waals surface area contributed by atoms with E-state index < -0.39 is 0 Å². The number of aromatic nitrogens is 3. The van der Waals surface area contributed by atoms with Crippen molar-refractivity contribution >= 4 is 24.0 Å². The molecule has 0 unspecified atom stereocenters. The van der Waals surface area contributed by atoms with Gasteiger partial charge in [-0.05, 0) is 52.8 Å². The van der Waals surface area contributed by atoms with Crippen molar-refractivity contribution in [2.75, 3.05) is 33.4 Å². The zero-order valence-corrected chi connectivity index (χ0v) is 16.7. The van der Waals surface area contributed by atoms with Crippen LogP contribution in [0.2, 0.25) is 0 Å². The van der Waals surface area contributed by atoms with Gasteiger partial charge in [-0.2, -0.15) is 5.10 Å². The lowest BCUT2D eigenvalue weighted by atomic mass is 9.79. The molecule has 26 heavy (non-hydrogen) atoms. The van der Waals surface area contributed by atoms with Crippen LogP contribution in [-0.4, -0.2) is 53.9 Å². The van der Waals surface area contributed by atoms with Crippen LogP contribution >= 0.6 is 12.4 Å². The average molecular weight is 382 g/mol. The number of nitrogens with zero attached hydrogens (tertiary/aromatic N) is 3. The standard InChI is InChI=1S/C18H27N5O2.ClH/c1-12-9-13(2)23-16(21-12)15(14(3)22-23)17(24)20-10-18(11-25-4)5-7-19-8-6-18;/h9,19H,5-8,10-11H2,1-4H3,(H,20,24);1H. The lowest BCUT2D eigenvalue weighted by Gasteiger charge is -2.37. The van der Waals surface area contributed by atoms with Crippen LogP contribution in [0.1, 0.15) is 40.3 Å². The van der Waals surface area contributed by atoms with Gasteiger partial charge in [0, 0.05) is 30.5 Å². The minimum absolute atomic E-state index is 0. The quantitative estimate of drug-likeness (QED) is 0.825. The highest BCUT2D eigenvalue weighted by atomic mass is 35.5. The molecule has 8 heteroatoms. The lowest BCUT2D eigenvalue weighted by molar-refractivity contribution is 0.0512. The van der Waals surface area contributed by atoms with Crippen molar-refractivity contribution in [3.63, 3.8) is 0 Å². The maximum Gasteiger partial charge on any atom is 0.257 e. The molecule has 2 N–H and O–H groups in total. The monoisotopic (exact) mass is 381 g/mol. The van der Waals surface area contributed by atoms with Gasteiger partial charge in [-0.1, -0.05) is 0 Å². The molecule has 1 saturated heterocycles. The van der Waals surface area contributed by atoms with Crippen LogP contribution < -0.4 is 10.6 Å². The third-order valence-corrected chi connectivity index (χ3v) is 5.04. The summed E-state index contributed by atoms with van der Waals surface area (Å²) in [6.45, 7) is 8.91. The number of piperidine rings is 1. The van der Waals surface area contributed by atoms with E-state index in [9.17, 15) is 4.79 Å². The number of rotatable bonds is 5. The second kappa shape index (κ2) is 8.33. The number of hydrogen-bond donors (Lipinski definition) is 2. The molecular formula is C18H28ClN5O2. The molecule has 0 atom stereocenters. The molecule has 3 heterocycles. The van der Waals surface area contributed by atoms with E-state index in [1.54, 1.807) is 11.6 Å². The van der Waals surface area contributed by atoms with E-state index in [1.165, 1.54) is 0 Å². The lowest BCUT2D eigenvalue weighted by Crippen LogP contribution is -2.47. The minimum atomic E-state index is -0.112. The van der Waals surface area contributed by atoms with Crippen molar-refractivity contribution in [1.29, 1.82) is 0 Å². The van der Waals surface area contributed by atoms with Crippen LogP contribution in [0.25, 0.3) is 5.65 Å². The predicted octanol–water partition coefficient (Wildman–Crippen LogP) is 1.82. The van der Waals surface area contributed by atoms with Gasteiger partial charge in [0.05, 0.1) is 12.3 Å². The summed E-state index contributed by atoms with van der Waals surface area (Å²) in [5.41, 5.74) is 3.73. The van der Waals surface area contributed by atoms with E-state index in [4.69, 9.17) is 4.74 Å². The van der Waals surface area contributed by atoms with E-state index in [2.05, 4.69) is 20.7 Å². The average Bonchev–Trinajstić information content (AvgIpc) is 2.90. The number of nitrogens with one attached hydrogen (secondary N) is 2. The first-order valence-corrected chi connectivity index (χ1v) is 8.77. The predicted molar refractivity (Wildman–Crippen MR) is 103 cm³/mol. The molecule has 0 radical (unpaired) electrons. The molecule has 0 saturated carbocycles. The van der Waals surface area contributed by atoms with Gasteiger partial charge in [-0.15, -0.1) is 12.4 Å². The highest BCUT2D eigenvalue weighted by Crippen LogP contribution is 2.28. The van der Waals surface area contributed by atoms with Crippen LogP contribution in [0.15, 0.2) is 6.07 Å². The maximum atomic E-state index is 12.9. The summed E-state index contributed by atoms with van der Waals surface area (Å²) >= 11 is 0. The van der Waals surface area contributed by atoms with E-state index in [1.807, 2.05) is 26.8 Å². The topological polar surface area (TPSA) is 80.5 Å². The van der Waals surface area contributed by atoms with Crippen LogP contribution in [0.4, 0.5) is 0 Å². The van der Waals surface area contributed by atoms with Crippen LogP contribution in [0.5, 0.6) is 0 Å². The Morgan fingerprint density at radius 1 is 1.35 bits per heavy atom. The first kappa shape index (κ1) is 20.6. The van der Waals surface area contributed by atoms with E-state index in [0.717, 1.165) is 37.3 Å². The fourth-order valence-electron chi connectivity index (χ4n) is 3.68. The second-order valence-electron chi connectivity index (χ2n) is 7.10. The van der Waals surface area contributed by atoms with Crippen molar-refractivity contribution in [3.05, 3.63) is 28.7 Å². The number of carbonyl (C=O) groups is 1. The number of ether oxygens (including phenoxy) is 1. The third kappa shape index (κ3) is 4.00. The second-order valence-corrected chi connectivity index (χ2v) is 7.10. The van der Waals surface area contributed by atoms with Crippen molar-refractivity contribution in [1.82, 2.24) is 25.2 Å². The number of hydrogen-bond acceptors (Lipinski definition) is 5. The summed E-state index contributed by atoms with van der Waals surface area (Å²) in [6.07, 6.45) is 1.98. The highest BCUT2D eigenvalue weighted by molar-refractivity contribution is 6.01. The van der Waals surface area contributed by atoms with Gasteiger partial charge in [-0.3, -0.25) is 4.79 Å². The Morgan fingerprint density at radius 2 is 2.04 bits per heavy atom. The molecule has 0 spiro atoms. The number of methoxy groups -OCH3 is 1. The Hall–Kier alpha value is -1.70. The van der Waals surface area contributed by atoms with Gasteiger partial charge < -0.3 is 15.4 Å². The van der Waals surface area contributed by atoms with Crippen molar-refractivity contribution in [3.8, 4) is 0 Å². The van der Waals surface area contributed by atoms with Gasteiger partial charge >= 0.3 is 0 Å². The summed E-state index contributed by atoms with van der Waals surface area (Å²) < 4.78 is 7.17. The Bertz CT molecular complexity index is 778. The Kier molecular flexibility index (Phi) is 6.60. The SMILES string of the molecule is COCC1(CNC(=O)c2c(C)nn3c(C)cc(C)nc23)CCNCC1.Cl. The van der Waals surface area contributed by atoms with E-state index in [0.29, 0.717) is 30.1 Å². The normalized spacial score (nSPS) is 16.3. The van der Waals surface area contributed by atoms with E-state index >= 15 is 0 Å². The van der Waals surface area contributed by atoms with Crippen LogP contribution in [0, 0.1) is 26.2 Å². The van der Waals surface area contributed by atoms with Crippen molar-refractivity contribution in [2.45, 2.75) is 33.6 Å². The maximum absolute atomic E-state index is 12.9. The molecule has 144 valence electrons. The van der Waals surface area contributed by atoms with Gasteiger partial charge in [0.1, 0.15) is 5.56 Å². The smallest absolute Gasteiger partial charge is 0.257 e. The number of aryl methyl sites for hydroxylation is 3. The summed E-state index contributed by atoms with van der Waals surface area (Å²) in [4.78, 5) is 17.4.